The molecular weight excluding hydrogens is 591 g/mol. The van der Waals surface area contributed by atoms with E-state index >= 15 is 0 Å². The Morgan fingerprint density at radius 3 is 2.11 bits per heavy atom. The van der Waals surface area contributed by atoms with Crippen LogP contribution in [-0.2, 0) is 0 Å². The van der Waals surface area contributed by atoms with Crippen molar-refractivity contribution >= 4 is 75.0 Å². The SMILES string of the molecule is c1cc(-c2ccc(-c3ccc4ccc5cccnc5c4n3)cc2)cc(-c2nc3ccccc3c3c2ccc2c4ccccc4sc23)c1. The number of nitrogens with zero attached hydrogens (tertiary/aromatic N) is 3. The number of rotatable bonds is 3. The van der Waals surface area contributed by atoms with Crippen molar-refractivity contribution in [3.05, 3.63) is 152 Å². The normalized spacial score (nSPS) is 11.8. The van der Waals surface area contributed by atoms with Crippen LogP contribution < -0.4 is 0 Å². The van der Waals surface area contributed by atoms with Gasteiger partial charge in [-0.05, 0) is 41.5 Å². The third kappa shape index (κ3) is 4.16. The van der Waals surface area contributed by atoms with Crippen LogP contribution >= 0.6 is 11.3 Å². The Kier molecular flexibility index (Phi) is 5.74. The first-order valence-corrected chi connectivity index (χ1v) is 16.6. The minimum absolute atomic E-state index is 0.931. The Hall–Kier alpha value is -5.97. The first-order valence-electron chi connectivity index (χ1n) is 15.8. The molecule has 10 aromatic rings. The van der Waals surface area contributed by atoms with E-state index in [1.54, 1.807) is 0 Å². The van der Waals surface area contributed by atoms with Crippen LogP contribution in [0.4, 0.5) is 0 Å². The lowest BCUT2D eigenvalue weighted by Crippen LogP contribution is -1.91. The topological polar surface area (TPSA) is 38.7 Å². The zero-order valence-corrected chi connectivity index (χ0v) is 26.0. The molecule has 0 radical (unpaired) electrons. The molecular formula is C43H25N3S. The van der Waals surface area contributed by atoms with Crippen molar-refractivity contribution < 1.29 is 0 Å². The van der Waals surface area contributed by atoms with Gasteiger partial charge in [-0.3, -0.25) is 4.98 Å². The summed E-state index contributed by atoms with van der Waals surface area (Å²) in [5.74, 6) is 0. The highest BCUT2D eigenvalue weighted by Gasteiger charge is 2.16. The van der Waals surface area contributed by atoms with Crippen LogP contribution in [-0.4, -0.2) is 15.0 Å². The van der Waals surface area contributed by atoms with E-state index in [4.69, 9.17) is 9.97 Å². The highest BCUT2D eigenvalue weighted by Crippen LogP contribution is 2.43. The molecule has 218 valence electrons. The van der Waals surface area contributed by atoms with Gasteiger partial charge >= 0.3 is 0 Å². The minimum Gasteiger partial charge on any atom is -0.254 e. The van der Waals surface area contributed by atoms with Gasteiger partial charge in [-0.2, -0.15) is 0 Å². The molecule has 0 bridgehead atoms. The maximum atomic E-state index is 5.26. The molecule has 10 rings (SSSR count). The highest BCUT2D eigenvalue weighted by atomic mass is 32.1. The van der Waals surface area contributed by atoms with E-state index in [1.165, 1.54) is 36.3 Å². The predicted octanol–water partition coefficient (Wildman–Crippen LogP) is 11.9. The molecule has 0 fully saturated rings. The van der Waals surface area contributed by atoms with Gasteiger partial charge in [-0.25, -0.2) is 9.97 Å². The molecule has 47 heavy (non-hydrogen) atoms. The summed E-state index contributed by atoms with van der Waals surface area (Å²) < 4.78 is 2.63. The van der Waals surface area contributed by atoms with Gasteiger partial charge in [0.15, 0.2) is 0 Å². The number of para-hydroxylation sites is 1. The number of benzene rings is 6. The van der Waals surface area contributed by atoms with Gasteiger partial charge in [0, 0.05) is 64.4 Å². The van der Waals surface area contributed by atoms with Crippen molar-refractivity contribution in [1.82, 2.24) is 15.0 Å². The Morgan fingerprint density at radius 1 is 0.447 bits per heavy atom. The van der Waals surface area contributed by atoms with Gasteiger partial charge in [0.05, 0.1) is 27.9 Å². The molecule has 0 spiro atoms. The van der Waals surface area contributed by atoms with Gasteiger partial charge in [0.2, 0.25) is 0 Å². The van der Waals surface area contributed by atoms with E-state index in [1.807, 2.05) is 23.6 Å². The number of hydrogen-bond acceptors (Lipinski definition) is 4. The molecule has 0 unspecified atom stereocenters. The van der Waals surface area contributed by atoms with Crippen LogP contribution in [0.25, 0.3) is 97.3 Å². The van der Waals surface area contributed by atoms with Crippen LogP contribution in [0.5, 0.6) is 0 Å². The summed E-state index contributed by atoms with van der Waals surface area (Å²) in [6.45, 7) is 0. The fourth-order valence-electron chi connectivity index (χ4n) is 7.00. The molecule has 0 saturated heterocycles. The number of thiophene rings is 1. The Morgan fingerprint density at radius 2 is 1.19 bits per heavy atom. The molecule has 0 atom stereocenters. The van der Waals surface area contributed by atoms with Crippen molar-refractivity contribution in [2.24, 2.45) is 0 Å². The molecule has 4 aromatic heterocycles. The number of aromatic nitrogens is 3. The van der Waals surface area contributed by atoms with E-state index in [-0.39, 0.29) is 0 Å². The largest absolute Gasteiger partial charge is 0.254 e. The monoisotopic (exact) mass is 615 g/mol. The second-order valence-corrected chi connectivity index (χ2v) is 13.1. The molecule has 0 N–H and O–H groups in total. The predicted molar refractivity (Wildman–Crippen MR) is 199 cm³/mol. The van der Waals surface area contributed by atoms with Crippen LogP contribution in [0.1, 0.15) is 0 Å². The first kappa shape index (κ1) is 26.3. The van der Waals surface area contributed by atoms with E-state index in [0.717, 1.165) is 61.0 Å². The maximum absolute atomic E-state index is 5.26. The molecule has 0 aliphatic heterocycles. The molecule has 0 aliphatic carbocycles. The van der Waals surface area contributed by atoms with Gasteiger partial charge < -0.3 is 0 Å². The summed E-state index contributed by atoms with van der Waals surface area (Å²) in [4.78, 5) is 14.9. The Balaban J connectivity index is 1.09. The summed E-state index contributed by atoms with van der Waals surface area (Å²) >= 11 is 1.87. The fourth-order valence-corrected chi connectivity index (χ4v) is 8.27. The van der Waals surface area contributed by atoms with Gasteiger partial charge in [-0.1, -0.05) is 115 Å². The number of fused-ring (bicyclic) bond motifs is 10. The van der Waals surface area contributed by atoms with E-state index in [9.17, 15) is 0 Å². The molecule has 0 saturated carbocycles. The van der Waals surface area contributed by atoms with E-state index in [0.29, 0.717) is 0 Å². The second kappa shape index (κ2) is 10.3. The van der Waals surface area contributed by atoms with Crippen LogP contribution in [0, 0.1) is 0 Å². The third-order valence-corrected chi connectivity index (χ3v) is 10.5. The summed E-state index contributed by atoms with van der Waals surface area (Å²) in [5, 5.41) is 8.47. The van der Waals surface area contributed by atoms with E-state index < -0.39 is 0 Å². The lowest BCUT2D eigenvalue weighted by Gasteiger charge is -2.12. The Labute approximate surface area is 274 Å². The van der Waals surface area contributed by atoms with Crippen LogP contribution in [0.3, 0.4) is 0 Å². The quantitative estimate of drug-likeness (QED) is 0.186. The average molecular weight is 616 g/mol. The first-order chi connectivity index (χ1) is 23.3. The van der Waals surface area contributed by atoms with Crippen molar-refractivity contribution in [3.8, 4) is 33.6 Å². The molecule has 4 heterocycles. The molecule has 6 aromatic carbocycles. The third-order valence-electron chi connectivity index (χ3n) is 9.29. The van der Waals surface area contributed by atoms with Crippen LogP contribution in [0.15, 0.2) is 152 Å². The van der Waals surface area contributed by atoms with Crippen molar-refractivity contribution in [2.75, 3.05) is 0 Å². The Bertz CT molecular complexity index is 2850. The van der Waals surface area contributed by atoms with Crippen molar-refractivity contribution in [1.29, 1.82) is 0 Å². The number of pyridine rings is 3. The summed E-state index contributed by atoms with van der Waals surface area (Å²) in [6.07, 6.45) is 1.83. The molecule has 0 aliphatic rings. The average Bonchev–Trinajstić information content (AvgIpc) is 3.53. The smallest absolute Gasteiger partial charge is 0.0972 e. The lowest BCUT2D eigenvalue weighted by atomic mass is 9.95. The van der Waals surface area contributed by atoms with Gasteiger partial charge in [0.1, 0.15) is 0 Å². The number of hydrogen-bond donors (Lipinski definition) is 0. The van der Waals surface area contributed by atoms with E-state index in [2.05, 4.69) is 145 Å². The van der Waals surface area contributed by atoms with Crippen molar-refractivity contribution in [2.45, 2.75) is 0 Å². The van der Waals surface area contributed by atoms with Gasteiger partial charge in [-0.15, -0.1) is 11.3 Å². The summed E-state index contributed by atoms with van der Waals surface area (Å²) in [7, 11) is 0. The molecule has 4 heteroatoms. The fraction of sp³-hybridized carbons (Fsp3) is 0. The second-order valence-electron chi connectivity index (χ2n) is 12.0. The van der Waals surface area contributed by atoms with Crippen molar-refractivity contribution in [3.63, 3.8) is 0 Å². The summed E-state index contributed by atoms with van der Waals surface area (Å²) in [6, 6.07) is 51.8. The minimum atomic E-state index is 0.931. The summed E-state index contributed by atoms with van der Waals surface area (Å²) in [5.41, 5.74) is 9.33. The zero-order valence-electron chi connectivity index (χ0n) is 25.2. The maximum Gasteiger partial charge on any atom is 0.0972 e. The highest BCUT2D eigenvalue weighted by molar-refractivity contribution is 7.26. The standard InChI is InChI=1S/C43H25N3S/c1-3-12-37-34(11-1)39-35(22-21-33-32-10-2-4-13-38(32)47-43(33)39)40(46-37)31-8-5-7-30(25-31)26-14-16-27(17-15-26)36-23-20-29-19-18-28-9-6-24-44-41(28)42(29)45-36/h1-25H. The lowest BCUT2D eigenvalue weighted by molar-refractivity contribution is 1.37. The molecule has 3 nitrogen and oxygen atoms in total. The van der Waals surface area contributed by atoms with Gasteiger partial charge in [0.25, 0.3) is 0 Å². The molecule has 0 amide bonds. The van der Waals surface area contributed by atoms with Crippen LogP contribution in [0.2, 0.25) is 0 Å². The zero-order chi connectivity index (χ0) is 30.9.